The van der Waals surface area contributed by atoms with E-state index in [0.29, 0.717) is 30.7 Å². The Bertz CT molecular complexity index is 1290. The average molecular weight is 581 g/mol. The van der Waals surface area contributed by atoms with Crippen molar-refractivity contribution in [1.82, 2.24) is 20.2 Å². The number of benzene rings is 1. The summed E-state index contributed by atoms with van der Waals surface area (Å²) in [5, 5.41) is 7.35. The molecule has 4 aromatic rings. The number of hydrogen-bond donors (Lipinski definition) is 2. The van der Waals surface area contributed by atoms with E-state index in [2.05, 4.69) is 57.6 Å². The van der Waals surface area contributed by atoms with Crippen molar-refractivity contribution in [2.75, 3.05) is 37.6 Å². The standard InChI is InChI=1S/C27H30ClN5OS.2ClH/c1-18(2)30-16-22(19-5-7-20(28)8-6-19)27(34)33-13-11-32(12-14-33)25-21-9-10-29-26(21)31-17-23(25)24-4-3-15-35-24;;/h3-10,15,17-18,22,30H,11-14,16H2,1-2H3,(H,29,31);2*1H/t22-;;/m1../s1. The average Bonchev–Trinajstić information content (AvgIpc) is 3.57. The molecule has 3 aromatic heterocycles. The number of H-pyrrole nitrogens is 1. The molecule has 37 heavy (non-hydrogen) atoms. The van der Waals surface area contributed by atoms with Crippen LogP contribution in [-0.4, -0.2) is 59.5 Å². The van der Waals surface area contributed by atoms with Crippen LogP contribution in [0.5, 0.6) is 0 Å². The number of pyridine rings is 1. The number of nitrogens with zero attached hydrogens (tertiary/aromatic N) is 3. The molecule has 1 aromatic carbocycles. The van der Waals surface area contributed by atoms with Crippen LogP contribution >= 0.6 is 47.8 Å². The zero-order valence-corrected chi connectivity index (χ0v) is 24.0. The fourth-order valence-corrected chi connectivity index (χ4v) is 5.58. The van der Waals surface area contributed by atoms with Gasteiger partial charge in [0.2, 0.25) is 5.91 Å². The van der Waals surface area contributed by atoms with Gasteiger partial charge in [0.15, 0.2) is 0 Å². The number of rotatable bonds is 7. The monoisotopic (exact) mass is 579 g/mol. The molecule has 1 aliphatic rings. The van der Waals surface area contributed by atoms with Gasteiger partial charge in [0.25, 0.3) is 0 Å². The van der Waals surface area contributed by atoms with Gasteiger partial charge in [0.1, 0.15) is 5.65 Å². The lowest BCUT2D eigenvalue weighted by Gasteiger charge is -2.38. The highest BCUT2D eigenvalue weighted by Gasteiger charge is 2.30. The highest BCUT2D eigenvalue weighted by molar-refractivity contribution is 7.13. The van der Waals surface area contributed by atoms with Crippen molar-refractivity contribution in [2.24, 2.45) is 0 Å². The summed E-state index contributed by atoms with van der Waals surface area (Å²) in [4.78, 5) is 27.2. The Balaban J connectivity index is 0.00000190. The fourth-order valence-electron chi connectivity index (χ4n) is 4.71. The van der Waals surface area contributed by atoms with Crippen molar-refractivity contribution >= 4 is 70.4 Å². The number of hydrogen-bond acceptors (Lipinski definition) is 5. The van der Waals surface area contributed by atoms with Crippen molar-refractivity contribution in [3.8, 4) is 10.4 Å². The molecule has 0 unspecified atom stereocenters. The van der Waals surface area contributed by atoms with Gasteiger partial charge in [-0.1, -0.05) is 43.6 Å². The lowest BCUT2D eigenvalue weighted by Crippen LogP contribution is -2.51. The first-order valence-electron chi connectivity index (χ1n) is 12.0. The van der Waals surface area contributed by atoms with Crippen LogP contribution in [0, 0.1) is 0 Å². The fraction of sp³-hybridized carbons (Fsp3) is 0.333. The van der Waals surface area contributed by atoms with Gasteiger partial charge in [0, 0.05) is 72.0 Å². The summed E-state index contributed by atoms with van der Waals surface area (Å²) in [5.74, 6) is -0.0691. The SMILES string of the molecule is CC(C)NC[C@@H](C(=O)N1CCN(c2c(-c3cccs3)cnc3[nH]ccc23)CC1)c1ccc(Cl)cc1.Cl.Cl. The number of aromatic amines is 1. The van der Waals surface area contributed by atoms with Crippen molar-refractivity contribution < 1.29 is 4.79 Å². The Hall–Kier alpha value is -2.29. The van der Waals surface area contributed by atoms with Crippen molar-refractivity contribution in [1.29, 1.82) is 0 Å². The number of halogens is 3. The number of carbonyl (C=O) groups excluding carboxylic acids is 1. The minimum Gasteiger partial charge on any atom is -0.367 e. The van der Waals surface area contributed by atoms with Gasteiger partial charge in [-0.15, -0.1) is 36.2 Å². The Morgan fingerprint density at radius 2 is 1.84 bits per heavy atom. The number of thiophene rings is 1. The van der Waals surface area contributed by atoms with Crippen molar-refractivity contribution in [2.45, 2.75) is 25.8 Å². The maximum Gasteiger partial charge on any atom is 0.231 e. The third-order valence-electron chi connectivity index (χ3n) is 6.55. The smallest absolute Gasteiger partial charge is 0.231 e. The van der Waals surface area contributed by atoms with Gasteiger partial charge in [-0.05, 0) is 35.2 Å². The van der Waals surface area contributed by atoms with Crippen LogP contribution in [0.2, 0.25) is 5.02 Å². The molecule has 1 aliphatic heterocycles. The number of piperazine rings is 1. The summed E-state index contributed by atoms with van der Waals surface area (Å²) < 4.78 is 0. The van der Waals surface area contributed by atoms with Gasteiger partial charge < -0.3 is 20.1 Å². The molecule has 10 heteroatoms. The van der Waals surface area contributed by atoms with E-state index in [-0.39, 0.29) is 36.6 Å². The van der Waals surface area contributed by atoms with Gasteiger partial charge in [-0.25, -0.2) is 4.98 Å². The molecule has 1 fully saturated rings. The molecule has 0 radical (unpaired) electrons. The van der Waals surface area contributed by atoms with E-state index in [9.17, 15) is 4.79 Å². The van der Waals surface area contributed by atoms with Crippen LogP contribution in [-0.2, 0) is 4.79 Å². The lowest BCUT2D eigenvalue weighted by molar-refractivity contribution is -0.133. The predicted molar refractivity (Wildman–Crippen MR) is 160 cm³/mol. The first kappa shape index (κ1) is 29.3. The lowest BCUT2D eigenvalue weighted by atomic mass is 9.96. The minimum atomic E-state index is -0.236. The van der Waals surface area contributed by atoms with Crippen molar-refractivity contribution in [3.05, 3.63) is 70.8 Å². The molecule has 6 nitrogen and oxygen atoms in total. The van der Waals surface area contributed by atoms with E-state index in [1.54, 1.807) is 11.3 Å². The van der Waals surface area contributed by atoms with Crippen LogP contribution in [0.3, 0.4) is 0 Å². The van der Waals surface area contributed by atoms with E-state index in [4.69, 9.17) is 11.6 Å². The molecule has 4 heterocycles. The summed E-state index contributed by atoms with van der Waals surface area (Å²) in [6.45, 7) is 7.73. The first-order valence-corrected chi connectivity index (χ1v) is 13.3. The number of amides is 1. The number of carbonyl (C=O) groups is 1. The summed E-state index contributed by atoms with van der Waals surface area (Å²) in [6.07, 6.45) is 3.91. The minimum absolute atomic E-state index is 0. The molecule has 0 aliphatic carbocycles. The maximum absolute atomic E-state index is 13.7. The van der Waals surface area contributed by atoms with Crippen LogP contribution < -0.4 is 10.2 Å². The molecule has 198 valence electrons. The van der Waals surface area contributed by atoms with Gasteiger partial charge >= 0.3 is 0 Å². The van der Waals surface area contributed by atoms with E-state index >= 15 is 0 Å². The molecular weight excluding hydrogens is 549 g/mol. The third-order valence-corrected chi connectivity index (χ3v) is 7.71. The van der Waals surface area contributed by atoms with Crippen LogP contribution in [0.4, 0.5) is 5.69 Å². The Morgan fingerprint density at radius 1 is 1.11 bits per heavy atom. The van der Waals surface area contributed by atoms with E-state index in [1.165, 1.54) is 10.6 Å². The number of fused-ring (bicyclic) bond motifs is 1. The largest absolute Gasteiger partial charge is 0.367 e. The number of anilines is 1. The first-order chi connectivity index (χ1) is 17.0. The van der Waals surface area contributed by atoms with Crippen molar-refractivity contribution in [3.63, 3.8) is 0 Å². The zero-order valence-electron chi connectivity index (χ0n) is 20.8. The van der Waals surface area contributed by atoms with Gasteiger partial charge in [0.05, 0.1) is 11.6 Å². The molecular formula is C27H32Cl3N5OS. The summed E-state index contributed by atoms with van der Waals surface area (Å²) in [6, 6.07) is 14.3. The van der Waals surface area contributed by atoms with Crippen LogP contribution in [0.1, 0.15) is 25.3 Å². The molecule has 0 bridgehead atoms. The molecule has 0 saturated carbocycles. The molecule has 1 amide bonds. The summed E-state index contributed by atoms with van der Waals surface area (Å²) in [5.41, 5.74) is 4.23. The highest BCUT2D eigenvalue weighted by atomic mass is 35.5. The molecule has 1 saturated heterocycles. The van der Waals surface area contributed by atoms with E-state index < -0.39 is 0 Å². The van der Waals surface area contributed by atoms with Gasteiger partial charge in [-0.2, -0.15) is 0 Å². The summed E-state index contributed by atoms with van der Waals surface area (Å²) in [7, 11) is 0. The second-order valence-corrected chi connectivity index (χ2v) is 10.6. The molecule has 5 rings (SSSR count). The van der Waals surface area contributed by atoms with Gasteiger partial charge in [-0.3, -0.25) is 4.79 Å². The normalized spacial score (nSPS) is 14.4. The Kier molecular flexibility index (Phi) is 10.3. The number of nitrogens with one attached hydrogen (secondary N) is 2. The quantitative estimate of drug-likeness (QED) is 0.272. The summed E-state index contributed by atoms with van der Waals surface area (Å²) >= 11 is 7.83. The highest BCUT2D eigenvalue weighted by Crippen LogP contribution is 2.38. The molecule has 1 atom stereocenters. The second kappa shape index (κ2) is 13.0. The predicted octanol–water partition coefficient (Wildman–Crippen LogP) is 6.22. The van der Waals surface area contributed by atoms with Crippen LogP contribution in [0.25, 0.3) is 21.5 Å². The topological polar surface area (TPSA) is 64.3 Å². The van der Waals surface area contributed by atoms with E-state index in [1.807, 2.05) is 41.6 Å². The van der Waals surface area contributed by atoms with E-state index in [0.717, 1.165) is 35.2 Å². The number of aromatic nitrogens is 2. The Morgan fingerprint density at radius 3 is 2.49 bits per heavy atom. The third kappa shape index (κ3) is 6.41. The maximum atomic E-state index is 13.7. The zero-order chi connectivity index (χ0) is 24.4. The molecule has 0 spiro atoms. The second-order valence-electron chi connectivity index (χ2n) is 9.22. The van der Waals surface area contributed by atoms with Crippen LogP contribution in [0.15, 0.2) is 60.2 Å². The molecule has 2 N–H and O–H groups in total. The Labute approximate surface area is 239 Å².